The van der Waals surface area contributed by atoms with Crippen LogP contribution in [-0.4, -0.2) is 27.7 Å². The summed E-state index contributed by atoms with van der Waals surface area (Å²) in [5, 5.41) is 22.3. The number of aliphatic hydroxyl groups is 1. The summed E-state index contributed by atoms with van der Waals surface area (Å²) in [5.41, 5.74) is -0.476. The number of rotatable bonds is 5. The average Bonchev–Trinajstić information content (AvgIpc) is 3.24. The van der Waals surface area contributed by atoms with Crippen LogP contribution in [0, 0.1) is 0 Å². The van der Waals surface area contributed by atoms with Crippen LogP contribution in [0.5, 0.6) is 5.75 Å². The molecule has 3 aromatic rings. The van der Waals surface area contributed by atoms with Gasteiger partial charge in [-0.15, -0.1) is 0 Å². The van der Waals surface area contributed by atoms with Crippen LogP contribution in [0.4, 0.5) is 13.2 Å². The van der Waals surface area contributed by atoms with Crippen molar-refractivity contribution >= 4 is 0 Å². The van der Waals surface area contributed by atoms with Crippen LogP contribution < -0.4 is 0 Å². The normalized spacial score (nSPS) is 17.7. The van der Waals surface area contributed by atoms with Gasteiger partial charge in [0, 0.05) is 18.2 Å². The van der Waals surface area contributed by atoms with E-state index in [1.54, 1.807) is 0 Å². The molecule has 0 saturated carbocycles. The van der Waals surface area contributed by atoms with Gasteiger partial charge in [-0.1, -0.05) is 60.7 Å². The van der Waals surface area contributed by atoms with Crippen LogP contribution in [0.1, 0.15) is 35.1 Å². The van der Waals surface area contributed by atoms with Crippen molar-refractivity contribution in [3.63, 3.8) is 0 Å². The minimum atomic E-state index is -4.48. The Kier molecular flexibility index (Phi) is 5.77. The summed E-state index contributed by atoms with van der Waals surface area (Å²) in [6, 6.07) is 21.3. The Morgan fingerprint density at radius 1 is 0.839 bits per heavy atom. The number of hydrogen-bond donors (Lipinski definition) is 2. The van der Waals surface area contributed by atoms with E-state index < -0.39 is 17.3 Å². The Hall–Kier alpha value is -2.83. The molecule has 3 aromatic carbocycles. The summed E-state index contributed by atoms with van der Waals surface area (Å²) in [6.07, 6.45) is -3.01. The van der Waals surface area contributed by atoms with Crippen molar-refractivity contribution in [2.24, 2.45) is 0 Å². The van der Waals surface area contributed by atoms with E-state index >= 15 is 0 Å². The number of aromatic hydroxyl groups is 1. The van der Waals surface area contributed by atoms with Crippen molar-refractivity contribution in [3.05, 3.63) is 101 Å². The quantitative estimate of drug-likeness (QED) is 0.580. The number of hydrogen-bond acceptors (Lipinski definition) is 3. The minimum absolute atomic E-state index is 0.113. The van der Waals surface area contributed by atoms with E-state index in [9.17, 15) is 23.4 Å². The smallest absolute Gasteiger partial charge is 0.416 e. The lowest BCUT2D eigenvalue weighted by molar-refractivity contribution is -0.137. The van der Waals surface area contributed by atoms with Gasteiger partial charge in [0.15, 0.2) is 0 Å². The standard InChI is InChI=1S/C25H24F3NO2/c26-25(27,28)21-13-14-22(30)18(16-21)17-29-15-7-12-23(29)24(31,19-8-3-1-4-9-19)20-10-5-2-6-11-20/h1-6,8-11,13-14,16,23,30-31H,7,12,15,17H2/t23-/m1/s1. The van der Waals surface area contributed by atoms with E-state index in [-0.39, 0.29) is 23.9 Å². The molecule has 6 heteroatoms. The van der Waals surface area contributed by atoms with Crippen molar-refractivity contribution in [1.29, 1.82) is 0 Å². The number of phenols is 1. The molecule has 0 amide bonds. The largest absolute Gasteiger partial charge is 0.508 e. The van der Waals surface area contributed by atoms with Gasteiger partial charge >= 0.3 is 6.18 Å². The molecule has 1 fully saturated rings. The van der Waals surface area contributed by atoms with Gasteiger partial charge in [-0.2, -0.15) is 13.2 Å². The molecular formula is C25H24F3NO2. The topological polar surface area (TPSA) is 43.7 Å². The van der Waals surface area contributed by atoms with E-state index in [1.165, 1.54) is 0 Å². The second-order valence-corrected chi connectivity index (χ2v) is 7.97. The highest BCUT2D eigenvalue weighted by Crippen LogP contribution is 2.41. The van der Waals surface area contributed by atoms with Gasteiger partial charge in [0.25, 0.3) is 0 Å². The number of phenolic OH excluding ortho intramolecular Hbond substituents is 1. The molecule has 1 aliphatic rings. The molecule has 1 heterocycles. The van der Waals surface area contributed by atoms with Gasteiger partial charge in [-0.3, -0.25) is 4.90 Å². The average molecular weight is 427 g/mol. The summed E-state index contributed by atoms with van der Waals surface area (Å²) in [7, 11) is 0. The summed E-state index contributed by atoms with van der Waals surface area (Å²) in [5.74, 6) is -0.179. The SMILES string of the molecule is Oc1ccc(C(F)(F)F)cc1CN1CCC[C@@H]1C(O)(c1ccccc1)c1ccccc1. The molecule has 31 heavy (non-hydrogen) atoms. The maximum atomic E-state index is 13.2. The van der Waals surface area contributed by atoms with Crippen LogP contribution in [0.3, 0.4) is 0 Å². The van der Waals surface area contributed by atoms with E-state index in [1.807, 2.05) is 65.6 Å². The zero-order valence-corrected chi connectivity index (χ0v) is 16.9. The second kappa shape index (κ2) is 8.36. The van der Waals surface area contributed by atoms with Crippen molar-refractivity contribution in [1.82, 2.24) is 4.90 Å². The predicted octanol–water partition coefficient (Wildman–Crippen LogP) is 5.31. The van der Waals surface area contributed by atoms with E-state index in [0.717, 1.165) is 35.7 Å². The van der Waals surface area contributed by atoms with Crippen LogP contribution in [0.2, 0.25) is 0 Å². The van der Waals surface area contributed by atoms with Crippen LogP contribution in [0.15, 0.2) is 78.9 Å². The summed E-state index contributed by atoms with van der Waals surface area (Å²) in [6.45, 7) is 0.727. The minimum Gasteiger partial charge on any atom is -0.508 e. The molecule has 3 nitrogen and oxygen atoms in total. The first-order valence-corrected chi connectivity index (χ1v) is 10.3. The molecule has 0 unspecified atom stereocenters. The van der Waals surface area contributed by atoms with Gasteiger partial charge in [-0.25, -0.2) is 0 Å². The molecule has 1 saturated heterocycles. The third-order valence-electron chi connectivity index (χ3n) is 6.05. The fourth-order valence-electron chi connectivity index (χ4n) is 4.53. The zero-order chi connectivity index (χ0) is 22.1. The van der Waals surface area contributed by atoms with Gasteiger partial charge in [0.2, 0.25) is 0 Å². The number of likely N-dealkylation sites (tertiary alicyclic amines) is 1. The fraction of sp³-hybridized carbons (Fsp3) is 0.280. The lowest BCUT2D eigenvalue weighted by atomic mass is 9.79. The number of halogens is 3. The van der Waals surface area contributed by atoms with Crippen LogP contribution >= 0.6 is 0 Å². The Labute approximate surface area is 179 Å². The molecule has 0 aliphatic carbocycles. The molecule has 4 rings (SSSR count). The third-order valence-corrected chi connectivity index (χ3v) is 6.05. The van der Waals surface area contributed by atoms with Crippen molar-refractivity contribution in [2.75, 3.05) is 6.54 Å². The molecule has 162 valence electrons. The molecule has 0 bridgehead atoms. The molecule has 1 aliphatic heterocycles. The van der Waals surface area contributed by atoms with E-state index in [2.05, 4.69) is 0 Å². The summed E-state index contributed by atoms with van der Waals surface area (Å²) >= 11 is 0. The summed E-state index contributed by atoms with van der Waals surface area (Å²) < 4.78 is 39.6. The molecule has 1 atom stereocenters. The highest BCUT2D eigenvalue weighted by atomic mass is 19.4. The summed E-state index contributed by atoms with van der Waals surface area (Å²) in [4.78, 5) is 1.97. The first-order valence-electron chi connectivity index (χ1n) is 10.3. The predicted molar refractivity (Wildman–Crippen MR) is 112 cm³/mol. The van der Waals surface area contributed by atoms with Gasteiger partial charge in [0.05, 0.1) is 5.56 Å². The Balaban J connectivity index is 1.73. The first kappa shape index (κ1) is 21.4. The number of alkyl halides is 3. The highest BCUT2D eigenvalue weighted by molar-refractivity contribution is 5.40. The Morgan fingerprint density at radius 2 is 1.42 bits per heavy atom. The second-order valence-electron chi connectivity index (χ2n) is 7.97. The molecule has 0 aromatic heterocycles. The monoisotopic (exact) mass is 427 g/mol. The lowest BCUT2D eigenvalue weighted by Gasteiger charge is -2.40. The van der Waals surface area contributed by atoms with Gasteiger partial charge < -0.3 is 10.2 Å². The van der Waals surface area contributed by atoms with Crippen LogP contribution in [0.25, 0.3) is 0 Å². The fourth-order valence-corrected chi connectivity index (χ4v) is 4.53. The molecular weight excluding hydrogens is 403 g/mol. The first-order chi connectivity index (χ1) is 14.8. The van der Waals surface area contributed by atoms with Gasteiger partial charge in [0.1, 0.15) is 11.4 Å². The molecule has 2 N–H and O–H groups in total. The Bertz CT molecular complexity index is 982. The maximum absolute atomic E-state index is 13.2. The molecule has 0 radical (unpaired) electrons. The number of nitrogens with zero attached hydrogens (tertiary/aromatic N) is 1. The van der Waals surface area contributed by atoms with Crippen molar-refractivity contribution < 1.29 is 23.4 Å². The maximum Gasteiger partial charge on any atom is 0.416 e. The van der Waals surface area contributed by atoms with Crippen molar-refractivity contribution in [2.45, 2.75) is 37.2 Å². The van der Waals surface area contributed by atoms with E-state index in [0.29, 0.717) is 13.0 Å². The van der Waals surface area contributed by atoms with E-state index in [4.69, 9.17) is 0 Å². The third kappa shape index (κ3) is 4.18. The van der Waals surface area contributed by atoms with Crippen LogP contribution in [-0.2, 0) is 18.3 Å². The number of benzene rings is 3. The van der Waals surface area contributed by atoms with Gasteiger partial charge in [-0.05, 0) is 48.7 Å². The lowest BCUT2D eigenvalue weighted by Crippen LogP contribution is -2.48. The zero-order valence-electron chi connectivity index (χ0n) is 16.9. The van der Waals surface area contributed by atoms with Crippen molar-refractivity contribution in [3.8, 4) is 5.75 Å². The Morgan fingerprint density at radius 3 is 1.97 bits per heavy atom. The highest BCUT2D eigenvalue weighted by Gasteiger charge is 2.45. The molecule has 0 spiro atoms.